The normalized spacial score (nSPS) is 17.2. The number of pyridine rings is 2. The number of aryl methyl sites for hydroxylation is 1. The van der Waals surface area contributed by atoms with Gasteiger partial charge in [0.25, 0.3) is 5.91 Å². The van der Waals surface area contributed by atoms with Crippen molar-refractivity contribution in [1.29, 1.82) is 0 Å². The minimum absolute atomic E-state index is 0.189. The van der Waals surface area contributed by atoms with Gasteiger partial charge in [0.05, 0.1) is 0 Å². The lowest BCUT2D eigenvalue weighted by Crippen LogP contribution is -2.17. The second-order valence-electron chi connectivity index (χ2n) is 5.10. The molecule has 1 N–H and O–H groups in total. The van der Waals surface area contributed by atoms with E-state index in [9.17, 15) is 4.79 Å². The Kier molecular flexibility index (Phi) is 4.58. The molecule has 0 saturated carbocycles. The molecule has 1 unspecified atom stereocenters. The molecule has 2 aromatic heterocycles. The molecule has 1 aliphatic heterocycles. The largest absolute Gasteiger partial charge is 0.473 e. The van der Waals surface area contributed by atoms with E-state index in [0.29, 0.717) is 17.3 Å². The van der Waals surface area contributed by atoms with E-state index in [1.165, 1.54) is 0 Å². The minimum Gasteiger partial charge on any atom is -0.473 e. The number of carbonyl (C=O) groups excluding carboxylic acids is 1. The summed E-state index contributed by atoms with van der Waals surface area (Å²) < 4.78 is 5.81. The van der Waals surface area contributed by atoms with E-state index in [1.807, 2.05) is 30.8 Å². The van der Waals surface area contributed by atoms with Gasteiger partial charge in [0.15, 0.2) is 0 Å². The second-order valence-corrected chi connectivity index (χ2v) is 6.25. The Labute approximate surface area is 133 Å². The molecular formula is C16H17N3O2S. The molecule has 0 aromatic carbocycles. The van der Waals surface area contributed by atoms with Crippen molar-refractivity contribution in [3.63, 3.8) is 0 Å². The average molecular weight is 315 g/mol. The lowest BCUT2D eigenvalue weighted by Gasteiger charge is -2.12. The third kappa shape index (κ3) is 3.76. The molecule has 1 fully saturated rings. The van der Waals surface area contributed by atoms with Crippen LogP contribution in [0, 0.1) is 6.92 Å². The Morgan fingerprint density at radius 2 is 2.32 bits per heavy atom. The molecule has 0 bridgehead atoms. The highest BCUT2D eigenvalue weighted by Crippen LogP contribution is 2.22. The van der Waals surface area contributed by atoms with Gasteiger partial charge in [-0.3, -0.25) is 4.79 Å². The Hall–Kier alpha value is -2.08. The van der Waals surface area contributed by atoms with Crippen molar-refractivity contribution in [2.24, 2.45) is 0 Å². The van der Waals surface area contributed by atoms with E-state index in [4.69, 9.17) is 4.74 Å². The van der Waals surface area contributed by atoms with E-state index in [0.717, 1.165) is 23.6 Å². The number of ether oxygens (including phenoxy) is 1. The van der Waals surface area contributed by atoms with Crippen LogP contribution in [0.15, 0.2) is 36.5 Å². The molecule has 0 aliphatic carbocycles. The highest BCUT2D eigenvalue weighted by atomic mass is 32.2. The van der Waals surface area contributed by atoms with Crippen LogP contribution in [0.4, 0.5) is 5.82 Å². The van der Waals surface area contributed by atoms with Crippen molar-refractivity contribution in [3.8, 4) is 5.88 Å². The summed E-state index contributed by atoms with van der Waals surface area (Å²) in [5, 5.41) is 2.78. The molecule has 6 heteroatoms. The Bertz CT molecular complexity index is 672. The summed E-state index contributed by atoms with van der Waals surface area (Å²) >= 11 is 1.87. The maximum absolute atomic E-state index is 12.3. The van der Waals surface area contributed by atoms with Gasteiger partial charge < -0.3 is 10.1 Å². The highest BCUT2D eigenvalue weighted by molar-refractivity contribution is 7.99. The van der Waals surface area contributed by atoms with E-state index in [-0.39, 0.29) is 12.0 Å². The number of rotatable bonds is 4. The summed E-state index contributed by atoms with van der Waals surface area (Å²) in [4.78, 5) is 20.7. The van der Waals surface area contributed by atoms with Crippen LogP contribution in [0.1, 0.15) is 22.5 Å². The van der Waals surface area contributed by atoms with Gasteiger partial charge in [-0.25, -0.2) is 9.97 Å². The Balaban J connectivity index is 1.69. The standard InChI is InChI=1S/C16H17N3O2S/c1-11-3-2-4-14(18-11)19-16(20)12-5-7-17-15(9-12)21-13-6-8-22-10-13/h2-5,7,9,13H,6,8,10H2,1H3,(H,18,19,20). The van der Waals surface area contributed by atoms with Crippen LogP contribution < -0.4 is 10.1 Å². The fraction of sp³-hybridized carbons (Fsp3) is 0.312. The van der Waals surface area contributed by atoms with Crippen molar-refractivity contribution in [2.45, 2.75) is 19.4 Å². The minimum atomic E-state index is -0.217. The predicted molar refractivity (Wildman–Crippen MR) is 87.5 cm³/mol. The zero-order chi connectivity index (χ0) is 15.4. The fourth-order valence-electron chi connectivity index (χ4n) is 2.19. The number of nitrogens with zero attached hydrogens (tertiary/aromatic N) is 2. The fourth-order valence-corrected chi connectivity index (χ4v) is 3.29. The van der Waals surface area contributed by atoms with Crippen LogP contribution in [0.2, 0.25) is 0 Å². The summed E-state index contributed by atoms with van der Waals surface area (Å²) in [5.74, 6) is 2.91. The highest BCUT2D eigenvalue weighted by Gasteiger charge is 2.18. The number of anilines is 1. The monoisotopic (exact) mass is 315 g/mol. The lowest BCUT2D eigenvalue weighted by molar-refractivity contribution is 0.102. The molecule has 1 atom stereocenters. The zero-order valence-corrected chi connectivity index (χ0v) is 13.1. The lowest BCUT2D eigenvalue weighted by atomic mass is 10.2. The predicted octanol–water partition coefficient (Wildman–Crippen LogP) is 2.92. The molecular weight excluding hydrogens is 298 g/mol. The molecule has 2 aromatic rings. The van der Waals surface area contributed by atoms with E-state index in [2.05, 4.69) is 15.3 Å². The first-order valence-corrected chi connectivity index (χ1v) is 8.31. The van der Waals surface area contributed by atoms with Gasteiger partial charge in [0, 0.05) is 29.3 Å². The van der Waals surface area contributed by atoms with Crippen LogP contribution in [-0.4, -0.2) is 33.5 Å². The third-order valence-electron chi connectivity index (χ3n) is 3.30. The molecule has 0 radical (unpaired) electrons. The van der Waals surface area contributed by atoms with Crippen LogP contribution in [0.5, 0.6) is 5.88 Å². The summed E-state index contributed by atoms with van der Waals surface area (Å²) in [6, 6.07) is 8.85. The first-order valence-electron chi connectivity index (χ1n) is 7.16. The first kappa shape index (κ1) is 14.8. The quantitative estimate of drug-likeness (QED) is 0.940. The molecule has 3 rings (SSSR count). The second kappa shape index (κ2) is 6.79. The van der Waals surface area contributed by atoms with Crippen molar-refractivity contribution in [3.05, 3.63) is 47.8 Å². The van der Waals surface area contributed by atoms with E-state index in [1.54, 1.807) is 24.4 Å². The SMILES string of the molecule is Cc1cccc(NC(=O)c2ccnc(OC3CCSC3)c2)n1. The van der Waals surface area contributed by atoms with Gasteiger partial charge in [0.2, 0.25) is 5.88 Å². The van der Waals surface area contributed by atoms with E-state index >= 15 is 0 Å². The van der Waals surface area contributed by atoms with Crippen LogP contribution in [0.3, 0.4) is 0 Å². The number of hydrogen-bond acceptors (Lipinski definition) is 5. The van der Waals surface area contributed by atoms with Crippen LogP contribution in [-0.2, 0) is 0 Å². The molecule has 5 nitrogen and oxygen atoms in total. The maximum atomic E-state index is 12.3. The number of amides is 1. The third-order valence-corrected chi connectivity index (χ3v) is 4.43. The van der Waals surface area contributed by atoms with Crippen molar-refractivity contribution in [2.75, 3.05) is 16.8 Å². The number of aromatic nitrogens is 2. The number of carbonyl (C=O) groups is 1. The van der Waals surface area contributed by atoms with Gasteiger partial charge in [-0.1, -0.05) is 6.07 Å². The maximum Gasteiger partial charge on any atom is 0.257 e. The van der Waals surface area contributed by atoms with E-state index < -0.39 is 0 Å². The van der Waals surface area contributed by atoms with Crippen LogP contribution in [0.25, 0.3) is 0 Å². The van der Waals surface area contributed by atoms with Crippen molar-refractivity contribution in [1.82, 2.24) is 9.97 Å². The molecule has 0 spiro atoms. The van der Waals surface area contributed by atoms with Gasteiger partial charge in [-0.05, 0) is 37.3 Å². The average Bonchev–Trinajstić information content (AvgIpc) is 3.00. The first-order chi connectivity index (χ1) is 10.7. The topological polar surface area (TPSA) is 64.1 Å². The van der Waals surface area contributed by atoms with Gasteiger partial charge in [-0.15, -0.1) is 0 Å². The Morgan fingerprint density at radius 1 is 1.41 bits per heavy atom. The molecule has 1 amide bonds. The summed E-state index contributed by atoms with van der Waals surface area (Å²) in [7, 11) is 0. The van der Waals surface area contributed by atoms with Crippen LogP contribution >= 0.6 is 11.8 Å². The number of thioether (sulfide) groups is 1. The van der Waals surface area contributed by atoms with Gasteiger partial charge in [-0.2, -0.15) is 11.8 Å². The van der Waals surface area contributed by atoms with Crippen molar-refractivity contribution >= 4 is 23.5 Å². The zero-order valence-electron chi connectivity index (χ0n) is 12.3. The smallest absolute Gasteiger partial charge is 0.257 e. The molecule has 3 heterocycles. The number of nitrogens with one attached hydrogen (secondary N) is 1. The molecule has 22 heavy (non-hydrogen) atoms. The van der Waals surface area contributed by atoms with Gasteiger partial charge >= 0.3 is 0 Å². The number of hydrogen-bond donors (Lipinski definition) is 1. The van der Waals surface area contributed by atoms with Gasteiger partial charge in [0.1, 0.15) is 11.9 Å². The summed E-state index contributed by atoms with van der Waals surface area (Å²) in [6.45, 7) is 1.88. The molecule has 114 valence electrons. The Morgan fingerprint density at radius 3 is 3.09 bits per heavy atom. The molecule has 1 saturated heterocycles. The molecule has 1 aliphatic rings. The summed E-state index contributed by atoms with van der Waals surface area (Å²) in [6.07, 6.45) is 2.81. The van der Waals surface area contributed by atoms with Crippen molar-refractivity contribution < 1.29 is 9.53 Å². The summed E-state index contributed by atoms with van der Waals surface area (Å²) in [5.41, 5.74) is 1.37.